The SMILES string of the molecule is CC(N(C)C(=O)N[C@@H](C)C(=O)O)C(C)(C)C. The Labute approximate surface area is 96.8 Å². The minimum absolute atomic E-state index is 0.0218. The molecule has 2 amide bonds. The van der Waals surface area contributed by atoms with Gasteiger partial charge in [-0.2, -0.15) is 0 Å². The Morgan fingerprint density at radius 3 is 2.00 bits per heavy atom. The highest BCUT2D eigenvalue weighted by molar-refractivity contribution is 5.82. The van der Waals surface area contributed by atoms with E-state index in [1.165, 1.54) is 11.8 Å². The van der Waals surface area contributed by atoms with Gasteiger partial charge in [-0.25, -0.2) is 4.79 Å². The summed E-state index contributed by atoms with van der Waals surface area (Å²) in [6, 6.07) is -1.21. The maximum Gasteiger partial charge on any atom is 0.325 e. The van der Waals surface area contributed by atoms with Gasteiger partial charge >= 0.3 is 12.0 Å². The molecular weight excluding hydrogens is 208 g/mol. The molecule has 0 rings (SSSR count). The lowest BCUT2D eigenvalue weighted by Gasteiger charge is -2.35. The third kappa shape index (κ3) is 4.08. The molecule has 16 heavy (non-hydrogen) atoms. The van der Waals surface area contributed by atoms with Crippen LogP contribution in [0, 0.1) is 5.41 Å². The van der Waals surface area contributed by atoms with Crippen LogP contribution < -0.4 is 5.32 Å². The molecule has 2 N–H and O–H groups in total. The number of amides is 2. The summed E-state index contributed by atoms with van der Waals surface area (Å²) in [6.45, 7) is 9.47. The molecule has 94 valence electrons. The molecule has 5 nitrogen and oxygen atoms in total. The lowest BCUT2D eigenvalue weighted by atomic mass is 9.87. The molecule has 0 fully saturated rings. The zero-order chi connectivity index (χ0) is 13.1. The molecular formula is C11H22N2O3. The third-order valence-corrected chi connectivity index (χ3v) is 2.87. The summed E-state index contributed by atoms with van der Waals surface area (Å²) < 4.78 is 0. The van der Waals surface area contributed by atoms with Crippen molar-refractivity contribution in [3.05, 3.63) is 0 Å². The van der Waals surface area contributed by atoms with Crippen LogP contribution in [0.4, 0.5) is 4.79 Å². The van der Waals surface area contributed by atoms with Gasteiger partial charge in [-0.1, -0.05) is 20.8 Å². The molecule has 5 heteroatoms. The topological polar surface area (TPSA) is 69.6 Å². The molecule has 0 aliphatic rings. The number of carboxylic acids is 1. The van der Waals surface area contributed by atoms with E-state index in [9.17, 15) is 9.59 Å². The van der Waals surface area contributed by atoms with Gasteiger partial charge < -0.3 is 15.3 Å². The maximum atomic E-state index is 11.7. The average Bonchev–Trinajstić information content (AvgIpc) is 2.13. The first kappa shape index (κ1) is 14.7. The lowest BCUT2D eigenvalue weighted by molar-refractivity contribution is -0.138. The molecule has 0 spiro atoms. The van der Waals surface area contributed by atoms with Crippen molar-refractivity contribution in [1.82, 2.24) is 10.2 Å². The number of nitrogens with zero attached hydrogens (tertiary/aromatic N) is 1. The molecule has 0 heterocycles. The second-order valence-electron chi connectivity index (χ2n) is 5.16. The van der Waals surface area contributed by atoms with Crippen LogP contribution in [0.25, 0.3) is 0 Å². The monoisotopic (exact) mass is 230 g/mol. The number of rotatable bonds is 3. The van der Waals surface area contributed by atoms with Crippen LogP contribution in [0.2, 0.25) is 0 Å². The number of carbonyl (C=O) groups is 2. The van der Waals surface area contributed by atoms with E-state index in [0.717, 1.165) is 0 Å². The summed E-state index contributed by atoms with van der Waals surface area (Å²) in [5.41, 5.74) is -0.0431. The number of hydrogen-bond donors (Lipinski definition) is 2. The lowest BCUT2D eigenvalue weighted by Crippen LogP contribution is -2.51. The zero-order valence-electron chi connectivity index (χ0n) is 10.9. The minimum Gasteiger partial charge on any atom is -0.480 e. The second-order valence-corrected chi connectivity index (χ2v) is 5.16. The van der Waals surface area contributed by atoms with Crippen molar-refractivity contribution in [1.29, 1.82) is 0 Å². The van der Waals surface area contributed by atoms with E-state index in [4.69, 9.17) is 5.11 Å². The van der Waals surface area contributed by atoms with Crippen molar-refractivity contribution in [3.63, 3.8) is 0 Å². The number of hydrogen-bond acceptors (Lipinski definition) is 2. The highest BCUT2D eigenvalue weighted by atomic mass is 16.4. The van der Waals surface area contributed by atoms with Crippen molar-refractivity contribution >= 4 is 12.0 Å². The molecule has 0 aliphatic carbocycles. The molecule has 0 aromatic heterocycles. The van der Waals surface area contributed by atoms with Crippen molar-refractivity contribution in [2.45, 2.75) is 46.7 Å². The molecule has 0 bridgehead atoms. The fourth-order valence-electron chi connectivity index (χ4n) is 1.11. The predicted molar refractivity (Wildman–Crippen MR) is 62.3 cm³/mol. The van der Waals surface area contributed by atoms with Crippen molar-refractivity contribution in [3.8, 4) is 0 Å². The number of nitrogens with one attached hydrogen (secondary N) is 1. The third-order valence-electron chi connectivity index (χ3n) is 2.87. The van der Waals surface area contributed by atoms with E-state index in [1.54, 1.807) is 7.05 Å². The summed E-state index contributed by atoms with van der Waals surface area (Å²) in [6.07, 6.45) is 0. The van der Waals surface area contributed by atoms with E-state index in [1.807, 2.05) is 27.7 Å². The van der Waals surface area contributed by atoms with Crippen LogP contribution in [0.3, 0.4) is 0 Å². The molecule has 0 aliphatic heterocycles. The standard InChI is InChI=1S/C11H22N2O3/c1-7(9(14)15)12-10(16)13(6)8(2)11(3,4)5/h7-8H,1-6H3,(H,12,16)(H,14,15)/t7-,8?/m0/s1. The Hall–Kier alpha value is -1.26. The highest BCUT2D eigenvalue weighted by Gasteiger charge is 2.28. The summed E-state index contributed by atoms with van der Waals surface area (Å²) in [7, 11) is 1.67. The Balaban J connectivity index is 4.46. The van der Waals surface area contributed by atoms with Crippen LogP contribution in [-0.2, 0) is 4.79 Å². The summed E-state index contributed by atoms with van der Waals surface area (Å²) >= 11 is 0. The normalized spacial score (nSPS) is 15.1. The molecule has 1 unspecified atom stereocenters. The fraction of sp³-hybridized carbons (Fsp3) is 0.818. The zero-order valence-corrected chi connectivity index (χ0v) is 10.9. The van der Waals surface area contributed by atoms with Crippen molar-refractivity contribution in [2.75, 3.05) is 7.05 Å². The van der Waals surface area contributed by atoms with Crippen LogP contribution >= 0.6 is 0 Å². The second kappa shape index (κ2) is 5.18. The van der Waals surface area contributed by atoms with E-state index in [-0.39, 0.29) is 17.5 Å². The Morgan fingerprint density at radius 1 is 1.25 bits per heavy atom. The van der Waals surface area contributed by atoms with Gasteiger partial charge in [0.2, 0.25) is 0 Å². The van der Waals surface area contributed by atoms with Gasteiger partial charge in [-0.05, 0) is 19.3 Å². The van der Waals surface area contributed by atoms with E-state index in [2.05, 4.69) is 5.32 Å². The summed E-state index contributed by atoms with van der Waals surface area (Å²) in [5, 5.41) is 11.1. The van der Waals surface area contributed by atoms with Gasteiger partial charge in [0.05, 0.1) is 0 Å². The van der Waals surface area contributed by atoms with Gasteiger partial charge in [0.1, 0.15) is 6.04 Å². The largest absolute Gasteiger partial charge is 0.480 e. The Kier molecular flexibility index (Phi) is 4.78. The quantitative estimate of drug-likeness (QED) is 0.772. The fourth-order valence-corrected chi connectivity index (χ4v) is 1.11. The van der Waals surface area contributed by atoms with Gasteiger partial charge in [-0.3, -0.25) is 4.79 Å². The molecule has 0 saturated heterocycles. The summed E-state index contributed by atoms with van der Waals surface area (Å²) in [4.78, 5) is 23.8. The predicted octanol–water partition coefficient (Wildman–Crippen LogP) is 1.54. The first-order valence-corrected chi connectivity index (χ1v) is 5.33. The number of aliphatic carboxylic acids is 1. The molecule has 0 saturated carbocycles. The number of urea groups is 1. The van der Waals surface area contributed by atoms with Crippen LogP contribution in [0.1, 0.15) is 34.6 Å². The first-order valence-electron chi connectivity index (χ1n) is 5.33. The van der Waals surface area contributed by atoms with Gasteiger partial charge in [-0.15, -0.1) is 0 Å². The summed E-state index contributed by atoms with van der Waals surface area (Å²) in [5.74, 6) is -1.04. The van der Waals surface area contributed by atoms with Gasteiger partial charge in [0.15, 0.2) is 0 Å². The van der Waals surface area contributed by atoms with Crippen molar-refractivity contribution in [2.24, 2.45) is 5.41 Å². The average molecular weight is 230 g/mol. The smallest absolute Gasteiger partial charge is 0.325 e. The molecule has 0 radical (unpaired) electrons. The highest BCUT2D eigenvalue weighted by Crippen LogP contribution is 2.22. The van der Waals surface area contributed by atoms with Crippen molar-refractivity contribution < 1.29 is 14.7 Å². The molecule has 0 aromatic rings. The number of carboxylic acid groups (broad SMARTS) is 1. The van der Waals surface area contributed by atoms with E-state index < -0.39 is 12.0 Å². The molecule has 0 aromatic carbocycles. The van der Waals surface area contributed by atoms with Crippen LogP contribution in [0.5, 0.6) is 0 Å². The van der Waals surface area contributed by atoms with E-state index >= 15 is 0 Å². The first-order chi connectivity index (χ1) is 7.07. The Bertz CT molecular complexity index is 271. The van der Waals surface area contributed by atoms with Crippen LogP contribution in [0.15, 0.2) is 0 Å². The maximum absolute atomic E-state index is 11.7. The van der Waals surface area contributed by atoms with Gasteiger partial charge in [0.25, 0.3) is 0 Å². The van der Waals surface area contributed by atoms with E-state index in [0.29, 0.717) is 0 Å². The minimum atomic E-state index is -1.04. The van der Waals surface area contributed by atoms with Crippen LogP contribution in [-0.4, -0.2) is 41.1 Å². The molecule has 2 atom stereocenters. The Morgan fingerprint density at radius 2 is 1.69 bits per heavy atom. The number of carbonyl (C=O) groups excluding carboxylic acids is 1. The van der Waals surface area contributed by atoms with Gasteiger partial charge in [0, 0.05) is 13.1 Å².